The van der Waals surface area contributed by atoms with Crippen LogP contribution in [0.1, 0.15) is 12.1 Å². The van der Waals surface area contributed by atoms with E-state index in [1.54, 1.807) is 18.3 Å². The molecule has 6 rings (SSSR count). The number of methoxy groups -OCH3 is 1. The minimum atomic E-state index is -1.62. The molecular formula is C28H28F4N6O6S. The van der Waals surface area contributed by atoms with E-state index in [4.69, 9.17) is 14.2 Å². The zero-order valence-electron chi connectivity index (χ0n) is 23.5. The van der Waals surface area contributed by atoms with Gasteiger partial charge in [-0.05, 0) is 24.3 Å². The van der Waals surface area contributed by atoms with E-state index in [2.05, 4.69) is 20.6 Å². The van der Waals surface area contributed by atoms with Gasteiger partial charge in [-0.3, -0.25) is 0 Å². The Morgan fingerprint density at radius 2 is 1.62 bits per heavy atom. The van der Waals surface area contributed by atoms with E-state index in [0.717, 1.165) is 23.9 Å². The second kappa shape index (κ2) is 13.1. The summed E-state index contributed by atoms with van der Waals surface area (Å²) in [5, 5.41) is 48.1. The fraction of sp³-hybridized carbons (Fsp3) is 0.429. The minimum absolute atomic E-state index is 0.00418. The Labute approximate surface area is 257 Å². The van der Waals surface area contributed by atoms with Gasteiger partial charge in [0.1, 0.15) is 53.0 Å². The van der Waals surface area contributed by atoms with E-state index in [0.29, 0.717) is 11.3 Å². The van der Waals surface area contributed by atoms with Gasteiger partial charge in [-0.1, -0.05) is 22.6 Å². The Hall–Kier alpha value is -3.45. The lowest BCUT2D eigenvalue weighted by Gasteiger charge is -2.45. The average Bonchev–Trinajstić information content (AvgIpc) is 3.72. The van der Waals surface area contributed by atoms with Gasteiger partial charge in [0.25, 0.3) is 0 Å². The Balaban J connectivity index is 1.22. The zero-order valence-corrected chi connectivity index (χ0v) is 24.3. The van der Waals surface area contributed by atoms with Crippen LogP contribution in [0.25, 0.3) is 22.5 Å². The largest absolute Gasteiger partial charge is 0.394 e. The monoisotopic (exact) mass is 652 g/mol. The number of hydrogen-bond acceptors (Lipinski definition) is 11. The molecule has 0 unspecified atom stereocenters. The third-order valence-corrected chi connectivity index (χ3v) is 9.23. The van der Waals surface area contributed by atoms with Gasteiger partial charge in [-0.15, -0.1) is 22.0 Å². The lowest BCUT2D eigenvalue weighted by atomic mass is 9.97. The molecule has 0 aliphatic carbocycles. The minimum Gasteiger partial charge on any atom is -0.394 e. The summed E-state index contributed by atoms with van der Waals surface area (Å²) in [4.78, 5) is 0. The molecule has 2 saturated heterocycles. The number of aromatic nitrogens is 6. The lowest BCUT2D eigenvalue weighted by molar-refractivity contribution is -0.186. The molecule has 2 aliphatic rings. The van der Waals surface area contributed by atoms with Crippen LogP contribution in [0.2, 0.25) is 0 Å². The molecular weight excluding hydrogens is 624 g/mol. The van der Waals surface area contributed by atoms with Gasteiger partial charge in [-0.25, -0.2) is 26.9 Å². The predicted molar refractivity (Wildman–Crippen MR) is 150 cm³/mol. The summed E-state index contributed by atoms with van der Waals surface area (Å²) >= 11 is 1.16. The highest BCUT2D eigenvalue weighted by Crippen LogP contribution is 2.41. The molecule has 0 saturated carbocycles. The number of thioether (sulfide) groups is 1. The van der Waals surface area contributed by atoms with Crippen molar-refractivity contribution in [3.63, 3.8) is 0 Å². The van der Waals surface area contributed by atoms with Gasteiger partial charge in [0, 0.05) is 18.2 Å². The summed E-state index contributed by atoms with van der Waals surface area (Å²) in [6.45, 7) is -0.332. The highest BCUT2D eigenvalue weighted by molar-refractivity contribution is 8.00. The number of nitrogens with zero attached hydrogens (tertiary/aromatic N) is 6. The topological polar surface area (TPSA) is 150 Å². The fourth-order valence-electron chi connectivity index (χ4n) is 5.48. The molecule has 3 N–H and O–H groups in total. The second-order valence-electron chi connectivity index (χ2n) is 10.6. The van der Waals surface area contributed by atoms with E-state index in [1.807, 2.05) is 0 Å². The Bertz CT molecular complexity index is 1620. The Morgan fingerprint density at radius 1 is 0.933 bits per heavy atom. The van der Waals surface area contributed by atoms with Gasteiger partial charge in [0.15, 0.2) is 17.5 Å². The molecule has 12 nitrogen and oxygen atoms in total. The molecule has 2 aliphatic heterocycles. The predicted octanol–water partition coefficient (Wildman–Crippen LogP) is 2.13. The first-order chi connectivity index (χ1) is 21.7. The second-order valence-corrected chi connectivity index (χ2v) is 12.0. The van der Waals surface area contributed by atoms with Crippen molar-refractivity contribution in [3.8, 4) is 22.5 Å². The molecule has 0 spiro atoms. The third-order valence-electron chi connectivity index (χ3n) is 7.82. The van der Waals surface area contributed by atoms with Crippen molar-refractivity contribution in [2.45, 2.75) is 47.2 Å². The maximum absolute atomic E-state index is 13.9. The summed E-state index contributed by atoms with van der Waals surface area (Å²) in [7, 11) is 1.38. The number of benzene rings is 2. The Kier molecular flexibility index (Phi) is 9.19. The van der Waals surface area contributed by atoms with E-state index < -0.39 is 77.1 Å². The summed E-state index contributed by atoms with van der Waals surface area (Å²) in [6.07, 6.45) is -1.51. The number of rotatable bonds is 8. The molecule has 0 amide bonds. The van der Waals surface area contributed by atoms with Crippen molar-refractivity contribution in [3.05, 3.63) is 72.1 Å². The van der Waals surface area contributed by atoms with Gasteiger partial charge >= 0.3 is 0 Å². The molecule has 2 aromatic carbocycles. The normalized spacial score (nSPS) is 28.8. The van der Waals surface area contributed by atoms with E-state index >= 15 is 0 Å². The van der Waals surface area contributed by atoms with Crippen LogP contribution in [0.4, 0.5) is 17.6 Å². The Morgan fingerprint density at radius 3 is 2.31 bits per heavy atom. The average molecular weight is 653 g/mol. The summed E-state index contributed by atoms with van der Waals surface area (Å²) in [6, 6.07) is 5.76. The van der Waals surface area contributed by atoms with Crippen molar-refractivity contribution in [2.75, 3.05) is 26.9 Å². The SMILES string of the molecule is CO[C@@H]1[C@@H](n2cc(-c3cc(F)c(F)c(F)c3)nn2)[C@@H](O)[C@@H](CO)O[C@H]1S[C@@H]1COC[C@H](n2cc(-c3cccc(F)c3)nn2)[C@H]1O. The van der Waals surface area contributed by atoms with Crippen molar-refractivity contribution in [1.82, 2.24) is 30.0 Å². The maximum Gasteiger partial charge on any atom is 0.194 e. The van der Waals surface area contributed by atoms with Crippen LogP contribution in [0, 0.1) is 23.3 Å². The first-order valence-electron chi connectivity index (χ1n) is 13.8. The summed E-state index contributed by atoms with van der Waals surface area (Å²) in [5.74, 6) is -4.85. The van der Waals surface area contributed by atoms with E-state index in [-0.39, 0.29) is 24.5 Å². The van der Waals surface area contributed by atoms with Crippen LogP contribution in [0.15, 0.2) is 48.8 Å². The molecule has 0 bridgehead atoms. The fourth-order valence-corrected chi connectivity index (χ4v) is 6.97. The van der Waals surface area contributed by atoms with Crippen LogP contribution in [-0.2, 0) is 14.2 Å². The number of hydrogen-bond donors (Lipinski definition) is 3. The van der Waals surface area contributed by atoms with Gasteiger partial charge in [0.2, 0.25) is 0 Å². The van der Waals surface area contributed by atoms with Gasteiger partial charge in [-0.2, -0.15) is 0 Å². The zero-order chi connectivity index (χ0) is 31.8. The van der Waals surface area contributed by atoms with Gasteiger partial charge in [0.05, 0.1) is 43.6 Å². The molecule has 17 heteroatoms. The first kappa shape index (κ1) is 31.5. The van der Waals surface area contributed by atoms with Crippen molar-refractivity contribution in [2.24, 2.45) is 0 Å². The van der Waals surface area contributed by atoms with Crippen molar-refractivity contribution in [1.29, 1.82) is 0 Å². The third kappa shape index (κ3) is 6.20. The summed E-state index contributed by atoms with van der Waals surface area (Å²) in [5.41, 5.74) is -0.0417. The van der Waals surface area contributed by atoms with Crippen molar-refractivity contribution < 1.29 is 47.1 Å². The van der Waals surface area contributed by atoms with Crippen LogP contribution in [0.5, 0.6) is 0 Å². The standard InChI is InChI=1S/C28H28F4N6O6S/c1-42-27-24(38-9-19(34-36-38)14-6-16(30)23(32)17(31)7-14)26(41)21(10-39)44-28(27)45-22-12-43-11-20(25(22)40)37-8-18(33-35-37)13-3-2-4-15(29)5-13/h2-9,20-22,24-28,39-41H,10-12H2,1H3/t20-,21+,22+,24-,25+,26-,27+,28-/m0/s1. The maximum atomic E-state index is 13.9. The smallest absolute Gasteiger partial charge is 0.194 e. The molecule has 2 aromatic heterocycles. The van der Waals surface area contributed by atoms with E-state index in [1.165, 1.54) is 34.8 Å². The van der Waals surface area contributed by atoms with E-state index in [9.17, 15) is 32.9 Å². The number of ether oxygens (including phenoxy) is 3. The van der Waals surface area contributed by atoms with Crippen molar-refractivity contribution >= 4 is 11.8 Å². The molecule has 4 heterocycles. The summed E-state index contributed by atoms with van der Waals surface area (Å²) < 4.78 is 75.2. The highest BCUT2D eigenvalue weighted by Gasteiger charge is 2.49. The molecule has 2 fully saturated rings. The molecule has 240 valence electrons. The molecule has 0 radical (unpaired) electrons. The van der Waals surface area contributed by atoms with Crippen LogP contribution < -0.4 is 0 Å². The first-order valence-corrected chi connectivity index (χ1v) is 14.8. The van der Waals surface area contributed by atoms with Crippen LogP contribution in [0.3, 0.4) is 0 Å². The van der Waals surface area contributed by atoms with Crippen LogP contribution in [-0.4, -0.2) is 107 Å². The molecule has 45 heavy (non-hydrogen) atoms. The highest BCUT2D eigenvalue weighted by atomic mass is 32.2. The lowest BCUT2D eigenvalue weighted by Crippen LogP contribution is -2.56. The number of aliphatic hydroxyl groups excluding tert-OH is 3. The van der Waals surface area contributed by atoms with Gasteiger partial charge < -0.3 is 29.5 Å². The molecule has 8 atom stereocenters. The quantitative estimate of drug-likeness (QED) is 0.190. The molecule has 4 aromatic rings. The number of aliphatic hydroxyl groups is 3. The number of halogens is 4. The van der Waals surface area contributed by atoms with Crippen LogP contribution >= 0.6 is 11.8 Å².